The first kappa shape index (κ1) is 12.0. The first-order valence-corrected chi connectivity index (χ1v) is 6.05. The highest BCUT2D eigenvalue weighted by atomic mass is 127. The molecule has 0 atom stereocenters. The molecule has 0 aliphatic rings. The molecule has 0 aliphatic heterocycles. The quantitative estimate of drug-likeness (QED) is 0.632. The van der Waals surface area contributed by atoms with Crippen LogP contribution in [0.2, 0.25) is 0 Å². The molecule has 0 fully saturated rings. The number of hydrogen-bond acceptors (Lipinski definition) is 5. The van der Waals surface area contributed by atoms with Crippen LogP contribution >= 0.6 is 22.6 Å². The van der Waals surface area contributed by atoms with E-state index in [0.717, 1.165) is 9.13 Å². The van der Waals surface area contributed by atoms with Gasteiger partial charge in [-0.2, -0.15) is 0 Å². The van der Waals surface area contributed by atoms with Gasteiger partial charge in [0.1, 0.15) is 0 Å². The highest BCUT2D eigenvalue weighted by Gasteiger charge is 2.16. The molecule has 5 nitrogen and oxygen atoms in total. The first-order chi connectivity index (χ1) is 8.20. The van der Waals surface area contributed by atoms with Crippen LogP contribution < -0.4 is 0 Å². The molecule has 2 aromatic rings. The average molecular weight is 344 g/mol. The van der Waals surface area contributed by atoms with Crippen molar-refractivity contribution in [3.8, 4) is 11.5 Å². The zero-order valence-corrected chi connectivity index (χ0v) is 11.2. The molecule has 0 spiro atoms. The second-order valence-electron chi connectivity index (χ2n) is 3.14. The van der Waals surface area contributed by atoms with Gasteiger partial charge in [0.25, 0.3) is 0 Å². The molecule has 0 radical (unpaired) electrons. The van der Waals surface area contributed by atoms with E-state index in [1.807, 2.05) is 24.3 Å². The zero-order valence-electron chi connectivity index (χ0n) is 9.01. The molecule has 0 unspecified atom stereocenters. The number of hydrogen-bond donors (Lipinski definition) is 0. The molecule has 1 aromatic carbocycles. The summed E-state index contributed by atoms with van der Waals surface area (Å²) >= 11 is 2.18. The van der Waals surface area contributed by atoms with E-state index in [-0.39, 0.29) is 12.5 Å². The summed E-state index contributed by atoms with van der Waals surface area (Å²) in [7, 11) is 0. The van der Waals surface area contributed by atoms with Crippen molar-refractivity contribution in [1.82, 2.24) is 10.2 Å². The van der Waals surface area contributed by atoms with E-state index in [4.69, 9.17) is 9.15 Å². The Morgan fingerprint density at radius 1 is 1.47 bits per heavy atom. The molecule has 0 N–H and O–H groups in total. The monoisotopic (exact) mass is 344 g/mol. The van der Waals surface area contributed by atoms with Crippen LogP contribution in [0, 0.1) is 3.57 Å². The van der Waals surface area contributed by atoms with Crippen molar-refractivity contribution in [2.75, 3.05) is 6.61 Å². The van der Waals surface area contributed by atoms with E-state index in [1.165, 1.54) is 0 Å². The first-order valence-electron chi connectivity index (χ1n) is 4.97. The minimum absolute atomic E-state index is 0.124. The van der Waals surface area contributed by atoms with Crippen LogP contribution in [0.25, 0.3) is 11.5 Å². The predicted octanol–water partition coefficient (Wildman–Crippen LogP) is 2.52. The number of nitrogens with zero attached hydrogens (tertiary/aromatic N) is 2. The topological polar surface area (TPSA) is 65.2 Å². The van der Waals surface area contributed by atoms with Crippen LogP contribution in [0.15, 0.2) is 28.7 Å². The number of esters is 1. The van der Waals surface area contributed by atoms with Gasteiger partial charge in [-0.1, -0.05) is 6.07 Å². The van der Waals surface area contributed by atoms with Crippen LogP contribution in [0.5, 0.6) is 0 Å². The maximum atomic E-state index is 11.3. The number of benzene rings is 1. The Balaban J connectivity index is 2.27. The summed E-state index contributed by atoms with van der Waals surface area (Å²) < 4.78 is 11.1. The lowest BCUT2D eigenvalue weighted by Gasteiger charge is -1.96. The molecule has 6 heteroatoms. The molecule has 0 aliphatic carbocycles. The fraction of sp³-hybridized carbons (Fsp3) is 0.182. The second kappa shape index (κ2) is 5.26. The van der Waals surface area contributed by atoms with Gasteiger partial charge < -0.3 is 9.15 Å². The highest BCUT2D eigenvalue weighted by molar-refractivity contribution is 14.1. The molecule has 0 saturated carbocycles. The number of carbonyl (C=O) groups excluding carboxylic acids is 1. The lowest BCUT2D eigenvalue weighted by molar-refractivity contribution is 0.0481. The summed E-state index contributed by atoms with van der Waals surface area (Å²) in [6.45, 7) is 1.99. The predicted molar refractivity (Wildman–Crippen MR) is 68.4 cm³/mol. The Morgan fingerprint density at radius 2 is 2.29 bits per heavy atom. The molecule has 1 aromatic heterocycles. The van der Waals surface area contributed by atoms with Gasteiger partial charge in [-0.15, -0.1) is 10.2 Å². The Labute approximate surface area is 111 Å². The Hall–Kier alpha value is -1.44. The number of rotatable bonds is 3. The van der Waals surface area contributed by atoms with E-state index < -0.39 is 5.97 Å². The van der Waals surface area contributed by atoms with Crippen molar-refractivity contribution in [1.29, 1.82) is 0 Å². The van der Waals surface area contributed by atoms with Gasteiger partial charge in [-0.3, -0.25) is 0 Å². The minimum atomic E-state index is -0.600. The summed E-state index contributed by atoms with van der Waals surface area (Å²) in [5.74, 6) is -0.413. The highest BCUT2D eigenvalue weighted by Crippen LogP contribution is 2.20. The number of ether oxygens (including phenoxy) is 1. The van der Waals surface area contributed by atoms with Gasteiger partial charge in [0.15, 0.2) is 0 Å². The van der Waals surface area contributed by atoms with E-state index >= 15 is 0 Å². The Bertz CT molecular complexity index is 539. The van der Waals surface area contributed by atoms with Crippen LogP contribution in [0.4, 0.5) is 0 Å². The lowest BCUT2D eigenvalue weighted by Crippen LogP contribution is -2.04. The van der Waals surface area contributed by atoms with Gasteiger partial charge in [0, 0.05) is 9.13 Å². The Morgan fingerprint density at radius 3 is 3.00 bits per heavy atom. The Kier molecular flexibility index (Phi) is 3.72. The van der Waals surface area contributed by atoms with Gasteiger partial charge in [-0.05, 0) is 47.7 Å². The molecule has 0 bridgehead atoms. The standard InChI is InChI=1S/C11H9IN2O3/c1-2-16-11(15)10-14-13-9(17-10)7-4-3-5-8(12)6-7/h3-6H,2H2,1H3. The number of aromatic nitrogens is 2. The molecule has 2 rings (SSSR count). The van der Waals surface area contributed by atoms with Gasteiger partial charge in [-0.25, -0.2) is 4.79 Å². The average Bonchev–Trinajstić information content (AvgIpc) is 2.78. The second-order valence-corrected chi connectivity index (χ2v) is 4.39. The van der Waals surface area contributed by atoms with E-state index in [0.29, 0.717) is 5.89 Å². The molecule has 0 amide bonds. The third-order valence-electron chi connectivity index (χ3n) is 1.95. The summed E-state index contributed by atoms with van der Waals surface area (Å²) in [6, 6.07) is 7.56. The van der Waals surface area contributed by atoms with Crippen molar-refractivity contribution < 1.29 is 13.9 Å². The van der Waals surface area contributed by atoms with Crippen molar-refractivity contribution in [3.05, 3.63) is 33.7 Å². The van der Waals surface area contributed by atoms with Crippen LogP contribution in [-0.2, 0) is 4.74 Å². The minimum Gasteiger partial charge on any atom is -0.459 e. The normalized spacial score (nSPS) is 10.2. The summed E-state index contributed by atoms with van der Waals surface area (Å²) in [6.07, 6.45) is 0. The van der Waals surface area contributed by atoms with Crippen molar-refractivity contribution in [2.45, 2.75) is 6.92 Å². The zero-order chi connectivity index (χ0) is 12.3. The SMILES string of the molecule is CCOC(=O)c1nnc(-c2cccc(I)c2)o1. The van der Waals surface area contributed by atoms with Crippen molar-refractivity contribution in [3.63, 3.8) is 0 Å². The maximum absolute atomic E-state index is 11.3. The molecule has 88 valence electrons. The largest absolute Gasteiger partial charge is 0.459 e. The molecule has 17 heavy (non-hydrogen) atoms. The molecular formula is C11H9IN2O3. The van der Waals surface area contributed by atoms with Crippen LogP contribution in [-0.4, -0.2) is 22.8 Å². The van der Waals surface area contributed by atoms with Crippen LogP contribution in [0.1, 0.15) is 17.6 Å². The summed E-state index contributed by atoms with van der Waals surface area (Å²) in [5, 5.41) is 7.46. The van der Waals surface area contributed by atoms with Crippen LogP contribution in [0.3, 0.4) is 0 Å². The maximum Gasteiger partial charge on any atom is 0.396 e. The fourth-order valence-electron chi connectivity index (χ4n) is 1.24. The fourth-order valence-corrected chi connectivity index (χ4v) is 1.78. The van der Waals surface area contributed by atoms with Gasteiger partial charge >= 0.3 is 11.9 Å². The van der Waals surface area contributed by atoms with E-state index in [1.54, 1.807) is 6.92 Å². The molecule has 0 saturated heterocycles. The van der Waals surface area contributed by atoms with Gasteiger partial charge in [0.05, 0.1) is 6.61 Å². The lowest BCUT2D eigenvalue weighted by atomic mass is 10.2. The van der Waals surface area contributed by atoms with E-state index in [2.05, 4.69) is 32.8 Å². The van der Waals surface area contributed by atoms with Gasteiger partial charge in [0.2, 0.25) is 5.89 Å². The third-order valence-corrected chi connectivity index (χ3v) is 2.62. The smallest absolute Gasteiger partial charge is 0.396 e. The number of halogens is 1. The van der Waals surface area contributed by atoms with E-state index in [9.17, 15) is 4.79 Å². The molecular weight excluding hydrogens is 335 g/mol. The summed E-state index contributed by atoms with van der Waals surface area (Å²) in [4.78, 5) is 11.3. The summed E-state index contributed by atoms with van der Waals surface area (Å²) in [5.41, 5.74) is 0.778. The number of carbonyl (C=O) groups is 1. The molecule has 1 heterocycles. The van der Waals surface area contributed by atoms with Crippen molar-refractivity contribution in [2.24, 2.45) is 0 Å². The van der Waals surface area contributed by atoms with Crippen molar-refractivity contribution >= 4 is 28.6 Å². The third kappa shape index (κ3) is 2.82.